The molecule has 0 saturated heterocycles. The van der Waals surface area contributed by atoms with Gasteiger partial charge in [-0.3, -0.25) is 0 Å². The zero-order valence-electron chi connectivity index (χ0n) is 12.4. The first kappa shape index (κ1) is 13.4. The zero-order valence-corrected chi connectivity index (χ0v) is 12.4. The summed E-state index contributed by atoms with van der Waals surface area (Å²) < 4.78 is 0. The van der Waals surface area contributed by atoms with Crippen molar-refractivity contribution in [1.29, 1.82) is 0 Å². The number of phenols is 1. The van der Waals surface area contributed by atoms with Crippen molar-refractivity contribution < 1.29 is 5.11 Å². The van der Waals surface area contributed by atoms with Crippen LogP contribution < -0.4 is 0 Å². The summed E-state index contributed by atoms with van der Waals surface area (Å²) in [6.07, 6.45) is 1.88. The van der Waals surface area contributed by atoms with Gasteiger partial charge >= 0.3 is 0 Å². The van der Waals surface area contributed by atoms with Crippen LogP contribution in [0.15, 0.2) is 55.1 Å². The monoisotopic (exact) mass is 274 g/mol. The van der Waals surface area contributed by atoms with Crippen LogP contribution >= 0.6 is 0 Å². The van der Waals surface area contributed by atoms with E-state index in [1.54, 1.807) is 6.07 Å². The number of benzene rings is 3. The first-order chi connectivity index (χ1) is 10.1. The molecule has 0 aromatic heterocycles. The van der Waals surface area contributed by atoms with E-state index >= 15 is 0 Å². The van der Waals surface area contributed by atoms with Crippen LogP contribution in [0.1, 0.15) is 16.7 Å². The molecule has 104 valence electrons. The van der Waals surface area contributed by atoms with Gasteiger partial charge in [0.15, 0.2) is 0 Å². The fraction of sp³-hybridized carbons (Fsp3) is 0.100. The molecule has 0 aliphatic rings. The minimum atomic E-state index is 0.339. The van der Waals surface area contributed by atoms with Crippen molar-refractivity contribution in [2.24, 2.45) is 0 Å². The van der Waals surface area contributed by atoms with Crippen LogP contribution in [0.25, 0.3) is 28.0 Å². The highest BCUT2D eigenvalue weighted by atomic mass is 16.3. The van der Waals surface area contributed by atoms with Gasteiger partial charge in [-0.25, -0.2) is 0 Å². The first-order valence-corrected chi connectivity index (χ1v) is 7.05. The molecule has 0 aliphatic carbocycles. The molecule has 0 spiro atoms. The lowest BCUT2D eigenvalue weighted by Crippen LogP contribution is -1.85. The Labute approximate surface area is 125 Å². The average molecular weight is 274 g/mol. The highest BCUT2D eigenvalue weighted by molar-refractivity contribution is 5.91. The van der Waals surface area contributed by atoms with Gasteiger partial charge in [-0.15, -0.1) is 0 Å². The number of rotatable bonds is 2. The topological polar surface area (TPSA) is 20.2 Å². The predicted octanol–water partition coefficient (Wildman–Crippen LogP) is 5.47. The summed E-state index contributed by atoms with van der Waals surface area (Å²) >= 11 is 0. The van der Waals surface area contributed by atoms with Gasteiger partial charge in [0, 0.05) is 0 Å². The summed E-state index contributed by atoms with van der Waals surface area (Å²) in [5.74, 6) is 0.339. The van der Waals surface area contributed by atoms with Crippen molar-refractivity contribution >= 4 is 16.8 Å². The lowest BCUT2D eigenvalue weighted by Gasteiger charge is -2.09. The van der Waals surface area contributed by atoms with Gasteiger partial charge in [0.2, 0.25) is 0 Å². The van der Waals surface area contributed by atoms with E-state index < -0.39 is 0 Å². The van der Waals surface area contributed by atoms with Gasteiger partial charge < -0.3 is 5.11 Å². The second-order valence-electron chi connectivity index (χ2n) is 5.48. The molecule has 0 saturated carbocycles. The molecule has 3 rings (SSSR count). The second kappa shape index (κ2) is 5.10. The second-order valence-corrected chi connectivity index (χ2v) is 5.48. The molecule has 1 heteroatoms. The number of hydrogen-bond acceptors (Lipinski definition) is 1. The SMILES string of the molecule is C=Cc1cc(C)c2cc(-c3ccc(O)c(C)c3)ccc2c1. The van der Waals surface area contributed by atoms with Crippen molar-refractivity contribution in [1.82, 2.24) is 0 Å². The lowest BCUT2D eigenvalue weighted by atomic mass is 9.96. The zero-order chi connectivity index (χ0) is 15.0. The molecule has 0 atom stereocenters. The Balaban J connectivity index is 2.18. The van der Waals surface area contributed by atoms with Crippen molar-refractivity contribution in [2.75, 3.05) is 0 Å². The molecule has 3 aromatic rings. The summed E-state index contributed by atoms with van der Waals surface area (Å²) in [4.78, 5) is 0. The third kappa shape index (κ3) is 2.43. The summed E-state index contributed by atoms with van der Waals surface area (Å²) in [7, 11) is 0. The standard InChI is InChI=1S/C20H18O/c1-4-15-9-13(2)19-12-17(5-6-18(19)11-15)16-7-8-20(21)14(3)10-16/h4-12,21H,1H2,2-3H3. The maximum absolute atomic E-state index is 9.65. The van der Waals surface area contributed by atoms with E-state index in [4.69, 9.17) is 0 Å². The van der Waals surface area contributed by atoms with Gasteiger partial charge in [-0.05, 0) is 76.7 Å². The van der Waals surface area contributed by atoms with Crippen LogP contribution in [-0.4, -0.2) is 5.11 Å². The van der Waals surface area contributed by atoms with Crippen molar-refractivity contribution in [2.45, 2.75) is 13.8 Å². The van der Waals surface area contributed by atoms with Gasteiger partial charge in [0.25, 0.3) is 0 Å². The van der Waals surface area contributed by atoms with Gasteiger partial charge in [-0.2, -0.15) is 0 Å². The molecule has 0 bridgehead atoms. The Bertz CT molecular complexity index is 844. The van der Waals surface area contributed by atoms with E-state index in [1.165, 1.54) is 21.9 Å². The number of aryl methyl sites for hydroxylation is 2. The molecule has 1 nitrogen and oxygen atoms in total. The van der Waals surface area contributed by atoms with Gasteiger partial charge in [0.05, 0.1) is 0 Å². The lowest BCUT2D eigenvalue weighted by molar-refractivity contribution is 0.471. The molecule has 0 unspecified atom stereocenters. The third-order valence-electron chi connectivity index (χ3n) is 3.95. The maximum Gasteiger partial charge on any atom is 0.118 e. The van der Waals surface area contributed by atoms with E-state index in [0.29, 0.717) is 5.75 Å². The van der Waals surface area contributed by atoms with E-state index in [-0.39, 0.29) is 0 Å². The van der Waals surface area contributed by atoms with Crippen molar-refractivity contribution in [3.05, 3.63) is 71.8 Å². The third-order valence-corrected chi connectivity index (χ3v) is 3.95. The van der Waals surface area contributed by atoms with Crippen molar-refractivity contribution in [3.8, 4) is 16.9 Å². The van der Waals surface area contributed by atoms with E-state index in [1.807, 2.05) is 25.1 Å². The molecule has 0 amide bonds. The van der Waals surface area contributed by atoms with Crippen LogP contribution in [0, 0.1) is 13.8 Å². The summed E-state index contributed by atoms with van der Waals surface area (Å²) in [6, 6.07) is 16.5. The first-order valence-electron chi connectivity index (χ1n) is 7.05. The molecule has 0 heterocycles. The molecule has 0 fully saturated rings. The Kier molecular flexibility index (Phi) is 3.26. The number of fused-ring (bicyclic) bond motifs is 1. The Morgan fingerprint density at radius 2 is 1.57 bits per heavy atom. The highest BCUT2D eigenvalue weighted by Gasteiger charge is 2.05. The molecule has 0 aliphatic heterocycles. The fourth-order valence-electron chi connectivity index (χ4n) is 2.71. The maximum atomic E-state index is 9.65. The Morgan fingerprint density at radius 1 is 0.857 bits per heavy atom. The van der Waals surface area contributed by atoms with Gasteiger partial charge in [-0.1, -0.05) is 36.9 Å². The number of phenolic OH excluding ortho intramolecular Hbond substituents is 1. The fourth-order valence-corrected chi connectivity index (χ4v) is 2.71. The minimum Gasteiger partial charge on any atom is -0.508 e. The van der Waals surface area contributed by atoms with Crippen molar-refractivity contribution in [3.63, 3.8) is 0 Å². The van der Waals surface area contributed by atoms with E-state index in [9.17, 15) is 5.11 Å². The molecule has 21 heavy (non-hydrogen) atoms. The van der Waals surface area contributed by atoms with E-state index in [0.717, 1.165) is 16.7 Å². The smallest absolute Gasteiger partial charge is 0.118 e. The summed E-state index contributed by atoms with van der Waals surface area (Å²) in [5.41, 5.74) is 5.58. The quantitative estimate of drug-likeness (QED) is 0.656. The van der Waals surface area contributed by atoms with Gasteiger partial charge in [0.1, 0.15) is 5.75 Å². The van der Waals surface area contributed by atoms with Crippen LogP contribution in [0.5, 0.6) is 5.75 Å². The highest BCUT2D eigenvalue weighted by Crippen LogP contribution is 2.30. The number of hydrogen-bond donors (Lipinski definition) is 1. The van der Waals surface area contributed by atoms with Crippen LogP contribution in [0.3, 0.4) is 0 Å². The predicted molar refractivity (Wildman–Crippen MR) is 90.6 cm³/mol. The van der Waals surface area contributed by atoms with Crippen LogP contribution in [0.2, 0.25) is 0 Å². The normalized spacial score (nSPS) is 10.8. The molecular formula is C20H18O. The number of aromatic hydroxyl groups is 1. The van der Waals surface area contributed by atoms with Crippen LogP contribution in [-0.2, 0) is 0 Å². The van der Waals surface area contributed by atoms with E-state index in [2.05, 4.69) is 43.8 Å². The van der Waals surface area contributed by atoms with Crippen LogP contribution in [0.4, 0.5) is 0 Å². The minimum absolute atomic E-state index is 0.339. The molecule has 1 N–H and O–H groups in total. The average Bonchev–Trinajstić information content (AvgIpc) is 2.49. The molecule has 3 aromatic carbocycles. The largest absolute Gasteiger partial charge is 0.508 e. The summed E-state index contributed by atoms with van der Waals surface area (Å²) in [6.45, 7) is 7.88. The Hall–Kier alpha value is -2.54. The molecular weight excluding hydrogens is 256 g/mol. The Morgan fingerprint density at radius 3 is 2.29 bits per heavy atom. The summed E-state index contributed by atoms with van der Waals surface area (Å²) in [5, 5.41) is 12.1. The molecule has 0 radical (unpaired) electrons.